The number of hydrogen-bond donors (Lipinski definition) is 1. The van der Waals surface area contributed by atoms with Crippen molar-refractivity contribution in [3.8, 4) is 0 Å². The fourth-order valence-corrected chi connectivity index (χ4v) is 1.11. The first-order valence-corrected chi connectivity index (χ1v) is 4.25. The normalized spacial score (nSPS) is 10.5. The zero-order chi connectivity index (χ0) is 10.1. The third kappa shape index (κ3) is 3.17. The summed E-state index contributed by atoms with van der Waals surface area (Å²) >= 11 is 0. The molecule has 1 rings (SSSR count). The average molecular weight is 242 g/mol. The Morgan fingerprint density at radius 1 is 1.14 bits per heavy atom. The van der Waals surface area contributed by atoms with Gasteiger partial charge in [0.25, 0.3) is 0 Å². The van der Waals surface area contributed by atoms with Crippen LogP contribution in [0.4, 0.5) is 0 Å². The Balaban J connectivity index is 0.00000169. The van der Waals surface area contributed by atoms with E-state index in [1.807, 2.05) is 12.1 Å². The van der Waals surface area contributed by atoms with Gasteiger partial charge in [0, 0.05) is 0 Å². The van der Waals surface area contributed by atoms with E-state index in [0.717, 1.165) is 5.56 Å². The van der Waals surface area contributed by atoms with Gasteiger partial charge in [-0.15, -0.1) is 0 Å². The molecule has 0 atom stereocenters. The SMILES string of the molecule is CC(C)(C)c1ccc(C(=O)O)cc1.[Cu+2]. The number of carboxylic acids is 1. The second-order valence-electron chi connectivity index (χ2n) is 4.13. The zero-order valence-electron chi connectivity index (χ0n) is 8.47. The van der Waals surface area contributed by atoms with Crippen LogP contribution in [0.15, 0.2) is 24.3 Å². The summed E-state index contributed by atoms with van der Waals surface area (Å²) in [6.07, 6.45) is 0. The molecule has 0 spiro atoms. The van der Waals surface area contributed by atoms with Crippen molar-refractivity contribution in [1.82, 2.24) is 0 Å². The quantitative estimate of drug-likeness (QED) is 0.768. The van der Waals surface area contributed by atoms with Crippen LogP contribution in [0.3, 0.4) is 0 Å². The number of aromatic carboxylic acids is 1. The fourth-order valence-electron chi connectivity index (χ4n) is 1.11. The molecule has 0 fully saturated rings. The predicted molar refractivity (Wildman–Crippen MR) is 52.1 cm³/mol. The molecule has 0 aliphatic rings. The van der Waals surface area contributed by atoms with Gasteiger partial charge >= 0.3 is 23.0 Å². The molecule has 0 aliphatic heterocycles. The molecule has 79 valence electrons. The maximum absolute atomic E-state index is 10.6. The van der Waals surface area contributed by atoms with Gasteiger partial charge in [0.15, 0.2) is 0 Å². The first-order valence-electron chi connectivity index (χ1n) is 4.25. The summed E-state index contributed by atoms with van der Waals surface area (Å²) in [5.74, 6) is -0.875. The minimum absolute atomic E-state index is 0. The van der Waals surface area contributed by atoms with Crippen LogP contribution in [0.1, 0.15) is 36.7 Å². The molecular formula is C11H14CuO2+2. The van der Waals surface area contributed by atoms with Crippen LogP contribution in [0.25, 0.3) is 0 Å². The van der Waals surface area contributed by atoms with E-state index in [9.17, 15) is 4.79 Å². The predicted octanol–water partition coefficient (Wildman–Crippen LogP) is 2.68. The molecule has 0 bridgehead atoms. The first-order chi connectivity index (χ1) is 5.91. The molecule has 0 aliphatic carbocycles. The largest absolute Gasteiger partial charge is 2.00 e. The summed E-state index contributed by atoms with van der Waals surface area (Å²) in [5, 5.41) is 8.68. The Morgan fingerprint density at radius 3 is 1.86 bits per heavy atom. The van der Waals surface area contributed by atoms with Crippen LogP contribution in [0, 0.1) is 0 Å². The fraction of sp³-hybridized carbons (Fsp3) is 0.364. The Labute approximate surface area is 94.8 Å². The second kappa shape index (κ2) is 4.63. The molecule has 0 amide bonds. The third-order valence-corrected chi connectivity index (χ3v) is 2.00. The average Bonchev–Trinajstić information content (AvgIpc) is 2.03. The van der Waals surface area contributed by atoms with Gasteiger partial charge in [0.05, 0.1) is 5.56 Å². The molecule has 2 nitrogen and oxygen atoms in total. The molecule has 1 radical (unpaired) electrons. The Morgan fingerprint density at radius 2 is 1.57 bits per heavy atom. The van der Waals surface area contributed by atoms with Crippen molar-refractivity contribution in [1.29, 1.82) is 0 Å². The van der Waals surface area contributed by atoms with Gasteiger partial charge in [-0.05, 0) is 23.1 Å². The Bertz CT molecular complexity index is 309. The van der Waals surface area contributed by atoms with Gasteiger partial charge in [-0.2, -0.15) is 0 Å². The van der Waals surface area contributed by atoms with E-state index in [2.05, 4.69) is 20.8 Å². The summed E-state index contributed by atoms with van der Waals surface area (Å²) in [6, 6.07) is 7.01. The molecule has 0 saturated carbocycles. The van der Waals surface area contributed by atoms with E-state index in [-0.39, 0.29) is 22.5 Å². The van der Waals surface area contributed by atoms with Crippen LogP contribution < -0.4 is 0 Å². The molecule has 3 heteroatoms. The second-order valence-corrected chi connectivity index (χ2v) is 4.13. The number of carboxylic acid groups (broad SMARTS) is 1. The van der Waals surface area contributed by atoms with Gasteiger partial charge in [-0.25, -0.2) is 4.79 Å². The van der Waals surface area contributed by atoms with Gasteiger partial charge < -0.3 is 5.11 Å². The summed E-state index contributed by atoms with van der Waals surface area (Å²) in [6.45, 7) is 6.30. The Hall–Kier alpha value is -0.791. The Kier molecular flexibility index (Phi) is 4.37. The molecule has 0 aromatic heterocycles. The van der Waals surface area contributed by atoms with Crippen molar-refractivity contribution in [2.45, 2.75) is 26.2 Å². The van der Waals surface area contributed by atoms with E-state index in [1.54, 1.807) is 12.1 Å². The molecule has 14 heavy (non-hydrogen) atoms. The smallest absolute Gasteiger partial charge is 0.478 e. The van der Waals surface area contributed by atoms with E-state index in [4.69, 9.17) is 5.11 Å². The van der Waals surface area contributed by atoms with Crippen LogP contribution in [0.5, 0.6) is 0 Å². The third-order valence-electron chi connectivity index (χ3n) is 2.00. The summed E-state index contributed by atoms with van der Waals surface area (Å²) in [5.41, 5.74) is 1.57. The van der Waals surface area contributed by atoms with Crippen molar-refractivity contribution in [3.05, 3.63) is 35.4 Å². The monoisotopic (exact) mass is 241 g/mol. The summed E-state index contributed by atoms with van der Waals surface area (Å²) < 4.78 is 0. The molecule has 1 aromatic carbocycles. The maximum Gasteiger partial charge on any atom is 2.00 e. The van der Waals surface area contributed by atoms with Gasteiger partial charge in [0.2, 0.25) is 0 Å². The van der Waals surface area contributed by atoms with E-state index in [0.29, 0.717) is 5.56 Å². The minimum atomic E-state index is -0.875. The van der Waals surface area contributed by atoms with Gasteiger partial charge in [0.1, 0.15) is 0 Å². The van der Waals surface area contributed by atoms with Crippen LogP contribution in [-0.2, 0) is 22.5 Å². The van der Waals surface area contributed by atoms with E-state index in [1.165, 1.54) is 0 Å². The van der Waals surface area contributed by atoms with Gasteiger partial charge in [-0.1, -0.05) is 32.9 Å². The van der Waals surface area contributed by atoms with Gasteiger partial charge in [-0.3, -0.25) is 0 Å². The zero-order valence-corrected chi connectivity index (χ0v) is 9.41. The molecular weight excluding hydrogens is 228 g/mol. The van der Waals surface area contributed by atoms with E-state index < -0.39 is 5.97 Å². The van der Waals surface area contributed by atoms with Crippen molar-refractivity contribution < 1.29 is 27.0 Å². The number of carbonyl (C=O) groups is 1. The summed E-state index contributed by atoms with van der Waals surface area (Å²) in [7, 11) is 0. The number of rotatable bonds is 1. The topological polar surface area (TPSA) is 37.3 Å². The number of hydrogen-bond acceptors (Lipinski definition) is 1. The molecule has 0 heterocycles. The minimum Gasteiger partial charge on any atom is -0.478 e. The molecule has 1 aromatic rings. The standard InChI is InChI=1S/C11H14O2.Cu/c1-11(2,3)9-6-4-8(5-7-9)10(12)13;/h4-7H,1-3H3,(H,12,13);/q;+2. The van der Waals surface area contributed by atoms with Crippen molar-refractivity contribution >= 4 is 5.97 Å². The van der Waals surface area contributed by atoms with Crippen LogP contribution >= 0.6 is 0 Å². The molecule has 1 N–H and O–H groups in total. The van der Waals surface area contributed by atoms with Crippen molar-refractivity contribution in [3.63, 3.8) is 0 Å². The van der Waals surface area contributed by atoms with Crippen LogP contribution in [-0.4, -0.2) is 11.1 Å². The maximum atomic E-state index is 10.6. The number of benzene rings is 1. The summed E-state index contributed by atoms with van der Waals surface area (Å²) in [4.78, 5) is 10.6. The first kappa shape index (κ1) is 13.2. The van der Waals surface area contributed by atoms with Crippen molar-refractivity contribution in [2.24, 2.45) is 0 Å². The molecule has 0 saturated heterocycles. The van der Waals surface area contributed by atoms with Crippen LogP contribution in [0.2, 0.25) is 0 Å². The van der Waals surface area contributed by atoms with Crippen molar-refractivity contribution in [2.75, 3.05) is 0 Å². The molecule has 0 unspecified atom stereocenters. The van der Waals surface area contributed by atoms with E-state index >= 15 is 0 Å².